The molecule has 0 radical (unpaired) electrons. The van der Waals surface area contributed by atoms with Crippen molar-refractivity contribution < 1.29 is 10.2 Å². The predicted octanol–water partition coefficient (Wildman–Crippen LogP) is 12.7. The van der Waals surface area contributed by atoms with E-state index in [1.54, 1.807) is 6.20 Å². The summed E-state index contributed by atoms with van der Waals surface area (Å²) in [5.74, 6) is 1.11. The Hall–Kier alpha value is -7.64. The molecule has 11 rings (SSSR count). The molecule has 7 heteroatoms. The third-order valence-corrected chi connectivity index (χ3v) is 10.1. The maximum Gasteiger partial charge on any atom is 0.227 e. The lowest BCUT2D eigenvalue weighted by atomic mass is 10.00. The van der Waals surface area contributed by atoms with Gasteiger partial charge in [-0.2, -0.15) is 0 Å². The molecule has 0 N–H and O–H groups in total. The molecule has 7 aromatic carbocycles. The molecule has 0 saturated carbocycles. The average molecular weight is 709 g/mol. The monoisotopic (exact) mass is 708 g/mol. The van der Waals surface area contributed by atoms with Crippen LogP contribution in [0.1, 0.15) is 1.37 Å². The van der Waals surface area contributed by atoms with Crippen molar-refractivity contribution in [1.82, 2.24) is 19.9 Å². The van der Waals surface area contributed by atoms with Gasteiger partial charge in [-0.15, -0.1) is 0 Å². The van der Waals surface area contributed by atoms with E-state index in [1.807, 2.05) is 115 Å². The lowest BCUT2D eigenvalue weighted by Crippen LogP contribution is -2.09. The van der Waals surface area contributed by atoms with Gasteiger partial charge in [0.1, 0.15) is 11.0 Å². The molecule has 11 aromatic rings. The number of pyridine rings is 2. The number of aromatic nitrogens is 4. The van der Waals surface area contributed by atoms with E-state index in [1.165, 1.54) is 0 Å². The normalized spacial score (nSPS) is 11.9. The van der Waals surface area contributed by atoms with E-state index in [4.69, 9.17) is 23.8 Å². The van der Waals surface area contributed by atoms with Gasteiger partial charge < -0.3 is 13.7 Å². The molecular formula is C48H29N5O2. The van der Waals surface area contributed by atoms with Crippen LogP contribution in [0.4, 0.5) is 17.1 Å². The van der Waals surface area contributed by atoms with Crippen LogP contribution in [0, 0.1) is 0 Å². The summed E-state index contributed by atoms with van der Waals surface area (Å²) in [5, 5.41) is 4.08. The van der Waals surface area contributed by atoms with Gasteiger partial charge in [0, 0.05) is 56.9 Å². The molecule has 0 fully saturated rings. The molecule has 0 saturated heterocycles. The van der Waals surface area contributed by atoms with Crippen molar-refractivity contribution >= 4 is 71.8 Å². The van der Waals surface area contributed by atoms with E-state index in [0.717, 1.165) is 94.1 Å². The summed E-state index contributed by atoms with van der Waals surface area (Å²) in [6.07, 6.45) is 3.71. The lowest BCUT2D eigenvalue weighted by molar-refractivity contribution is 0.619. The zero-order valence-electron chi connectivity index (χ0n) is 30.2. The quantitative estimate of drug-likeness (QED) is 0.159. The summed E-state index contributed by atoms with van der Waals surface area (Å²) in [6, 6.07) is 52.8. The number of para-hydroxylation sites is 4. The van der Waals surface area contributed by atoms with Crippen molar-refractivity contribution in [3.05, 3.63) is 176 Å². The van der Waals surface area contributed by atoms with Crippen LogP contribution in [0.2, 0.25) is 0 Å². The van der Waals surface area contributed by atoms with Gasteiger partial charge in [-0.3, -0.25) is 9.97 Å². The van der Waals surface area contributed by atoms with Crippen molar-refractivity contribution in [3.8, 4) is 34.0 Å². The second-order valence-corrected chi connectivity index (χ2v) is 13.5. The fourth-order valence-corrected chi connectivity index (χ4v) is 7.30. The molecule has 0 aliphatic rings. The van der Waals surface area contributed by atoms with Crippen LogP contribution >= 0.6 is 0 Å². The number of hydrogen-bond acceptors (Lipinski definition) is 7. The van der Waals surface area contributed by atoms with Gasteiger partial charge in [-0.05, 0) is 119 Å². The van der Waals surface area contributed by atoms with E-state index < -0.39 is 0 Å². The minimum absolute atomic E-state index is 0.384. The number of hydrogen-bond donors (Lipinski definition) is 0. The number of fused-ring (bicyclic) bond motifs is 6. The molecule has 0 aliphatic carbocycles. The first-order chi connectivity index (χ1) is 27.6. The van der Waals surface area contributed by atoms with Gasteiger partial charge in [0.25, 0.3) is 0 Å². The fourth-order valence-electron chi connectivity index (χ4n) is 7.30. The fraction of sp³-hybridized carbons (Fsp3) is 0. The Morgan fingerprint density at radius 3 is 1.67 bits per heavy atom. The molecule has 55 heavy (non-hydrogen) atoms. The summed E-state index contributed by atoms with van der Waals surface area (Å²) in [4.78, 5) is 20.9. The van der Waals surface area contributed by atoms with Gasteiger partial charge in [-0.25, -0.2) is 9.97 Å². The highest BCUT2D eigenvalue weighted by Crippen LogP contribution is 2.39. The summed E-state index contributed by atoms with van der Waals surface area (Å²) >= 11 is 0. The van der Waals surface area contributed by atoms with Crippen molar-refractivity contribution in [2.45, 2.75) is 0 Å². The molecule has 258 valence electrons. The Morgan fingerprint density at radius 1 is 0.436 bits per heavy atom. The first kappa shape index (κ1) is 29.9. The Labute approximate surface area is 316 Å². The second-order valence-electron chi connectivity index (χ2n) is 13.5. The van der Waals surface area contributed by atoms with Crippen LogP contribution in [0.15, 0.2) is 185 Å². The van der Waals surface area contributed by atoms with Crippen LogP contribution < -0.4 is 4.90 Å². The molecule has 4 heterocycles. The van der Waals surface area contributed by atoms with Gasteiger partial charge >= 0.3 is 0 Å². The molecule has 0 bridgehead atoms. The molecule has 0 unspecified atom stereocenters. The smallest absolute Gasteiger partial charge is 0.227 e. The number of oxazole rings is 2. The largest absolute Gasteiger partial charge is 0.436 e. The minimum Gasteiger partial charge on any atom is -0.436 e. The summed E-state index contributed by atoms with van der Waals surface area (Å²) in [6.45, 7) is 0. The van der Waals surface area contributed by atoms with E-state index in [2.05, 4.69) is 58.4 Å². The summed E-state index contributed by atoms with van der Waals surface area (Å²) in [7, 11) is 0. The Balaban J connectivity index is 0.988. The first-order valence-corrected chi connectivity index (χ1v) is 18.0. The SMILES string of the molecule is [2H]c1cc2cc(-c3cnc4c(ccc5cccnc54)c3)ccc2cc1N(c1ccc(-c2nc3ccccc3o2)cc1)c1ccc(-c2nc3ccccc3o2)cc1. The topological polar surface area (TPSA) is 81.1 Å². The number of nitrogens with zero attached hydrogens (tertiary/aromatic N) is 5. The van der Waals surface area contributed by atoms with Gasteiger partial charge in [0.05, 0.1) is 12.4 Å². The molecule has 0 spiro atoms. The highest BCUT2D eigenvalue weighted by molar-refractivity contribution is 6.04. The zero-order chi connectivity index (χ0) is 37.2. The third kappa shape index (κ3) is 5.45. The van der Waals surface area contributed by atoms with Crippen molar-refractivity contribution in [2.24, 2.45) is 0 Å². The highest BCUT2D eigenvalue weighted by atomic mass is 16.4. The number of benzene rings is 7. The Kier molecular flexibility index (Phi) is 6.79. The molecular weight excluding hydrogens is 679 g/mol. The van der Waals surface area contributed by atoms with Crippen LogP contribution in [0.3, 0.4) is 0 Å². The highest BCUT2D eigenvalue weighted by Gasteiger charge is 2.17. The maximum absolute atomic E-state index is 9.41. The maximum atomic E-state index is 9.41. The van der Waals surface area contributed by atoms with Gasteiger partial charge in [0.15, 0.2) is 11.2 Å². The van der Waals surface area contributed by atoms with Crippen LogP contribution in [0.25, 0.3) is 88.8 Å². The zero-order valence-corrected chi connectivity index (χ0v) is 29.2. The van der Waals surface area contributed by atoms with Crippen molar-refractivity contribution in [1.29, 1.82) is 0 Å². The Bertz CT molecular complexity index is 3100. The predicted molar refractivity (Wildman–Crippen MR) is 221 cm³/mol. The van der Waals surface area contributed by atoms with Crippen LogP contribution in [0.5, 0.6) is 0 Å². The second kappa shape index (κ2) is 12.5. The summed E-state index contributed by atoms with van der Waals surface area (Å²) in [5.41, 5.74) is 11.2. The molecule has 4 aromatic heterocycles. The Morgan fingerprint density at radius 2 is 1.00 bits per heavy atom. The molecule has 0 atom stereocenters. The number of rotatable bonds is 6. The van der Waals surface area contributed by atoms with Gasteiger partial charge in [0.2, 0.25) is 11.8 Å². The van der Waals surface area contributed by atoms with E-state index >= 15 is 0 Å². The van der Waals surface area contributed by atoms with Crippen molar-refractivity contribution in [3.63, 3.8) is 0 Å². The van der Waals surface area contributed by atoms with Crippen LogP contribution in [-0.2, 0) is 0 Å². The van der Waals surface area contributed by atoms with Crippen molar-refractivity contribution in [2.75, 3.05) is 4.90 Å². The number of anilines is 3. The van der Waals surface area contributed by atoms with E-state index in [-0.39, 0.29) is 0 Å². The molecule has 0 amide bonds. The van der Waals surface area contributed by atoms with E-state index in [0.29, 0.717) is 17.8 Å². The van der Waals surface area contributed by atoms with Gasteiger partial charge in [-0.1, -0.05) is 60.7 Å². The first-order valence-electron chi connectivity index (χ1n) is 18.5. The van der Waals surface area contributed by atoms with E-state index in [9.17, 15) is 1.37 Å². The standard InChI is InChI=1S/C48H29N5O2/c1-3-9-43-41(7-1)51-47(54-43)31-15-20-38(21-16-31)53(39-22-17-32(18-23-39)48-52-42-8-2-4-10-44(42)55-48)40-24-19-33-26-34(12-13-35(33)28-40)37-27-36-14-11-30-6-5-25-49-45(30)46(36)50-29-37/h1-29H/i24D. The third-order valence-electron chi connectivity index (χ3n) is 10.1. The lowest BCUT2D eigenvalue weighted by Gasteiger charge is -2.26. The molecule has 7 nitrogen and oxygen atoms in total. The minimum atomic E-state index is 0.384. The summed E-state index contributed by atoms with van der Waals surface area (Å²) < 4.78 is 21.6. The van der Waals surface area contributed by atoms with Crippen LogP contribution in [-0.4, -0.2) is 19.9 Å². The molecule has 0 aliphatic heterocycles. The average Bonchev–Trinajstić information content (AvgIpc) is 3.89.